The second-order valence-electron chi connectivity index (χ2n) is 3.36. The average molecular weight is 250 g/mol. The summed E-state index contributed by atoms with van der Waals surface area (Å²) in [5.41, 5.74) is 1.29. The van der Waals surface area contributed by atoms with E-state index < -0.39 is 0 Å². The van der Waals surface area contributed by atoms with Gasteiger partial charge in [-0.1, -0.05) is 18.5 Å². The number of thioether (sulfide) groups is 1. The molecule has 0 spiro atoms. The molecule has 4 heteroatoms. The van der Waals surface area contributed by atoms with Crippen molar-refractivity contribution < 1.29 is 0 Å². The maximum absolute atomic E-state index is 5.88. The molecule has 0 aliphatic heterocycles. The van der Waals surface area contributed by atoms with Crippen LogP contribution in [0.5, 0.6) is 0 Å². The van der Waals surface area contributed by atoms with Gasteiger partial charge in [0, 0.05) is 17.8 Å². The standard InChI is InChI=1S/C10H16ClNS2/c1-7(13-3)5-12-8(2)9-4-10(11)14-6-9/h4,6-8,12H,5H2,1-3H3. The van der Waals surface area contributed by atoms with Gasteiger partial charge in [0.2, 0.25) is 0 Å². The number of thiophene rings is 1. The fraction of sp³-hybridized carbons (Fsp3) is 0.600. The highest BCUT2D eigenvalue weighted by molar-refractivity contribution is 7.99. The van der Waals surface area contributed by atoms with Crippen LogP contribution >= 0.6 is 34.7 Å². The number of nitrogens with one attached hydrogen (secondary N) is 1. The Bertz CT molecular complexity index is 275. The topological polar surface area (TPSA) is 12.0 Å². The van der Waals surface area contributed by atoms with E-state index in [1.54, 1.807) is 11.3 Å². The van der Waals surface area contributed by atoms with Crippen molar-refractivity contribution in [2.45, 2.75) is 25.1 Å². The largest absolute Gasteiger partial charge is 0.309 e. The predicted molar refractivity (Wildman–Crippen MR) is 68.7 cm³/mol. The third-order valence-electron chi connectivity index (χ3n) is 2.20. The van der Waals surface area contributed by atoms with Crippen molar-refractivity contribution in [3.63, 3.8) is 0 Å². The summed E-state index contributed by atoms with van der Waals surface area (Å²) in [6.07, 6.45) is 2.14. The predicted octanol–water partition coefficient (Wildman–Crippen LogP) is 3.80. The molecule has 1 N–H and O–H groups in total. The molecule has 0 aromatic carbocycles. The Morgan fingerprint density at radius 2 is 2.29 bits per heavy atom. The first-order valence-corrected chi connectivity index (χ1v) is 7.18. The Morgan fingerprint density at radius 1 is 1.57 bits per heavy atom. The Hall–Kier alpha value is 0.300. The van der Waals surface area contributed by atoms with Crippen LogP contribution in [-0.2, 0) is 0 Å². The molecule has 80 valence electrons. The minimum atomic E-state index is 0.397. The third-order valence-corrected chi connectivity index (χ3v) is 4.28. The molecule has 0 saturated carbocycles. The van der Waals surface area contributed by atoms with Crippen LogP contribution in [-0.4, -0.2) is 18.1 Å². The third kappa shape index (κ3) is 3.81. The quantitative estimate of drug-likeness (QED) is 0.852. The van der Waals surface area contributed by atoms with E-state index in [0.29, 0.717) is 11.3 Å². The first kappa shape index (κ1) is 12.4. The minimum absolute atomic E-state index is 0.397. The smallest absolute Gasteiger partial charge is 0.0931 e. The van der Waals surface area contributed by atoms with E-state index in [1.807, 2.05) is 17.8 Å². The molecule has 1 nitrogen and oxygen atoms in total. The Morgan fingerprint density at radius 3 is 2.79 bits per heavy atom. The molecule has 0 bridgehead atoms. The highest BCUT2D eigenvalue weighted by Gasteiger charge is 2.08. The molecule has 2 unspecified atom stereocenters. The SMILES string of the molecule is CSC(C)CNC(C)c1csc(Cl)c1. The molecule has 0 radical (unpaired) electrons. The molecule has 0 saturated heterocycles. The second kappa shape index (κ2) is 6.01. The number of hydrogen-bond donors (Lipinski definition) is 1. The summed E-state index contributed by atoms with van der Waals surface area (Å²) in [4.78, 5) is 0. The summed E-state index contributed by atoms with van der Waals surface area (Å²) in [6.45, 7) is 5.44. The van der Waals surface area contributed by atoms with Gasteiger partial charge in [-0.15, -0.1) is 11.3 Å². The van der Waals surface area contributed by atoms with Crippen molar-refractivity contribution in [1.29, 1.82) is 0 Å². The van der Waals surface area contributed by atoms with Crippen molar-refractivity contribution in [2.24, 2.45) is 0 Å². The van der Waals surface area contributed by atoms with E-state index in [1.165, 1.54) is 5.56 Å². The molecule has 0 aliphatic carbocycles. The van der Waals surface area contributed by atoms with Crippen LogP contribution in [0.4, 0.5) is 0 Å². The molecule has 1 rings (SSSR count). The van der Waals surface area contributed by atoms with Crippen LogP contribution < -0.4 is 5.32 Å². The summed E-state index contributed by atoms with van der Waals surface area (Å²) in [5.74, 6) is 0. The van der Waals surface area contributed by atoms with Crippen LogP contribution in [0, 0.1) is 0 Å². The van der Waals surface area contributed by atoms with Crippen LogP contribution in [0.3, 0.4) is 0 Å². The van der Waals surface area contributed by atoms with Gasteiger partial charge in [-0.2, -0.15) is 11.8 Å². The van der Waals surface area contributed by atoms with E-state index in [2.05, 4.69) is 30.8 Å². The molecule has 14 heavy (non-hydrogen) atoms. The van der Waals surface area contributed by atoms with Crippen molar-refractivity contribution in [3.05, 3.63) is 21.3 Å². The number of rotatable bonds is 5. The van der Waals surface area contributed by atoms with Crippen molar-refractivity contribution in [2.75, 3.05) is 12.8 Å². The maximum atomic E-state index is 5.88. The molecule has 0 fully saturated rings. The van der Waals surface area contributed by atoms with Gasteiger partial charge in [0.25, 0.3) is 0 Å². The lowest BCUT2D eigenvalue weighted by molar-refractivity contribution is 0.577. The van der Waals surface area contributed by atoms with Gasteiger partial charge in [-0.25, -0.2) is 0 Å². The summed E-state index contributed by atoms with van der Waals surface area (Å²) in [5, 5.41) is 6.26. The molecule has 2 atom stereocenters. The summed E-state index contributed by atoms with van der Waals surface area (Å²) in [7, 11) is 0. The van der Waals surface area contributed by atoms with E-state index in [-0.39, 0.29) is 0 Å². The van der Waals surface area contributed by atoms with Gasteiger partial charge in [-0.05, 0) is 30.2 Å². The summed E-state index contributed by atoms with van der Waals surface area (Å²) in [6, 6.07) is 2.43. The van der Waals surface area contributed by atoms with Crippen molar-refractivity contribution in [3.8, 4) is 0 Å². The summed E-state index contributed by atoms with van der Waals surface area (Å²) < 4.78 is 0.867. The average Bonchev–Trinajstić information content (AvgIpc) is 2.60. The van der Waals surface area contributed by atoms with Gasteiger partial charge in [0.15, 0.2) is 0 Å². The maximum Gasteiger partial charge on any atom is 0.0931 e. The molecular weight excluding hydrogens is 234 g/mol. The zero-order valence-corrected chi connectivity index (χ0v) is 11.1. The van der Waals surface area contributed by atoms with Crippen molar-refractivity contribution in [1.82, 2.24) is 5.32 Å². The first-order valence-electron chi connectivity index (χ1n) is 4.63. The van der Waals surface area contributed by atoms with Gasteiger partial charge in [0.1, 0.15) is 0 Å². The van der Waals surface area contributed by atoms with E-state index in [4.69, 9.17) is 11.6 Å². The van der Waals surface area contributed by atoms with E-state index >= 15 is 0 Å². The fourth-order valence-electron chi connectivity index (χ4n) is 1.09. The second-order valence-corrected chi connectivity index (χ2v) is 6.18. The number of halogens is 1. The molecular formula is C10H16ClNS2. The molecule has 1 heterocycles. The zero-order valence-electron chi connectivity index (χ0n) is 8.71. The lowest BCUT2D eigenvalue weighted by Crippen LogP contribution is -2.25. The normalized spacial score (nSPS) is 15.4. The van der Waals surface area contributed by atoms with Crippen LogP contribution in [0.1, 0.15) is 25.5 Å². The number of hydrogen-bond acceptors (Lipinski definition) is 3. The monoisotopic (exact) mass is 249 g/mol. The van der Waals surface area contributed by atoms with E-state index in [9.17, 15) is 0 Å². The highest BCUT2D eigenvalue weighted by Crippen LogP contribution is 2.24. The van der Waals surface area contributed by atoms with Gasteiger partial charge in [0.05, 0.1) is 4.34 Å². The molecule has 1 aromatic heterocycles. The molecule has 0 amide bonds. The Kier molecular flexibility index (Phi) is 5.31. The van der Waals surface area contributed by atoms with Crippen LogP contribution in [0.25, 0.3) is 0 Å². The Labute approximate surface area is 99.2 Å². The van der Waals surface area contributed by atoms with Crippen LogP contribution in [0.2, 0.25) is 4.34 Å². The minimum Gasteiger partial charge on any atom is -0.309 e. The molecule has 0 aliphatic rings. The van der Waals surface area contributed by atoms with Gasteiger partial charge < -0.3 is 5.32 Å². The molecule has 1 aromatic rings. The lowest BCUT2D eigenvalue weighted by atomic mass is 10.2. The zero-order chi connectivity index (χ0) is 10.6. The van der Waals surface area contributed by atoms with Crippen LogP contribution in [0.15, 0.2) is 11.4 Å². The first-order chi connectivity index (χ1) is 6.63. The highest BCUT2D eigenvalue weighted by atomic mass is 35.5. The van der Waals surface area contributed by atoms with Gasteiger partial charge in [-0.3, -0.25) is 0 Å². The van der Waals surface area contributed by atoms with Crippen molar-refractivity contribution >= 4 is 34.7 Å². The van der Waals surface area contributed by atoms with E-state index in [0.717, 1.165) is 10.9 Å². The Balaban J connectivity index is 2.39. The van der Waals surface area contributed by atoms with Gasteiger partial charge >= 0.3 is 0 Å². The fourth-order valence-corrected chi connectivity index (χ4v) is 2.34. The summed E-state index contributed by atoms with van der Waals surface area (Å²) >= 11 is 9.36. The lowest BCUT2D eigenvalue weighted by Gasteiger charge is -2.15.